The van der Waals surface area contributed by atoms with Gasteiger partial charge in [-0.2, -0.15) is 10.2 Å². The number of ether oxygens (including phenoxy) is 1. The molecule has 22 heavy (non-hydrogen) atoms. The Bertz CT molecular complexity index is 834. The molecule has 0 fully saturated rings. The first-order valence-corrected chi connectivity index (χ1v) is 6.78. The van der Waals surface area contributed by atoms with Crippen molar-refractivity contribution in [3.8, 4) is 23.2 Å². The van der Waals surface area contributed by atoms with Crippen LogP contribution in [0.15, 0.2) is 53.1 Å². The van der Waals surface area contributed by atoms with Crippen molar-refractivity contribution in [3.63, 3.8) is 0 Å². The molecule has 0 N–H and O–H groups in total. The largest absolute Gasteiger partial charge is 0.489 e. The van der Waals surface area contributed by atoms with Gasteiger partial charge in [-0.05, 0) is 18.2 Å². The van der Waals surface area contributed by atoms with Crippen molar-refractivity contribution in [1.82, 2.24) is 10.1 Å². The Morgan fingerprint density at radius 2 is 2.05 bits per heavy atom. The van der Waals surface area contributed by atoms with E-state index in [2.05, 4.69) is 16.2 Å². The Morgan fingerprint density at radius 3 is 2.82 bits per heavy atom. The van der Waals surface area contributed by atoms with Crippen LogP contribution in [0.25, 0.3) is 11.4 Å². The van der Waals surface area contributed by atoms with Crippen molar-refractivity contribution < 1.29 is 9.26 Å². The quantitative estimate of drug-likeness (QED) is 0.735. The summed E-state index contributed by atoms with van der Waals surface area (Å²) in [5.74, 6) is 1.73. The smallest absolute Gasteiger partial charge is 0.223 e. The number of nitriles is 1. The van der Waals surface area contributed by atoms with Gasteiger partial charge >= 0.3 is 0 Å². The molecule has 0 radical (unpaired) electrons. The molecule has 0 aliphatic heterocycles. The zero-order valence-electron chi connectivity index (χ0n) is 12.0. The lowest BCUT2D eigenvalue weighted by atomic mass is 10.1. The predicted molar refractivity (Wildman–Crippen MR) is 80.0 cm³/mol. The summed E-state index contributed by atoms with van der Waals surface area (Å²) in [5, 5.41) is 13.0. The molecule has 0 amide bonds. The molecule has 0 aliphatic carbocycles. The maximum atomic E-state index is 9.08. The highest BCUT2D eigenvalue weighted by Gasteiger charge is 2.07. The highest BCUT2D eigenvalue weighted by Crippen LogP contribution is 2.22. The Labute approximate surface area is 127 Å². The van der Waals surface area contributed by atoms with Gasteiger partial charge < -0.3 is 9.26 Å². The van der Waals surface area contributed by atoms with Gasteiger partial charge in [-0.25, -0.2) is 0 Å². The van der Waals surface area contributed by atoms with Crippen LogP contribution in [-0.4, -0.2) is 10.1 Å². The van der Waals surface area contributed by atoms with E-state index in [0.29, 0.717) is 29.6 Å². The number of rotatable bonds is 4. The van der Waals surface area contributed by atoms with Crippen LogP contribution < -0.4 is 4.74 Å². The molecular weight excluding hydrogens is 278 g/mol. The SMILES string of the molecule is Cc1nc(-c2cccc(OCc3ccccc3C#N)c2)no1. The van der Waals surface area contributed by atoms with Crippen molar-refractivity contribution in [3.05, 3.63) is 65.5 Å². The fraction of sp³-hybridized carbons (Fsp3) is 0.118. The van der Waals surface area contributed by atoms with Crippen molar-refractivity contribution >= 4 is 0 Å². The van der Waals surface area contributed by atoms with Gasteiger partial charge in [-0.15, -0.1) is 0 Å². The number of hydrogen-bond acceptors (Lipinski definition) is 5. The Balaban J connectivity index is 1.78. The van der Waals surface area contributed by atoms with Gasteiger partial charge in [0.15, 0.2) is 0 Å². The molecule has 3 rings (SSSR count). The minimum absolute atomic E-state index is 0.332. The van der Waals surface area contributed by atoms with Crippen LogP contribution in [0, 0.1) is 18.3 Å². The van der Waals surface area contributed by atoms with Gasteiger partial charge in [0.2, 0.25) is 11.7 Å². The molecule has 0 saturated carbocycles. The van der Waals surface area contributed by atoms with Crippen molar-refractivity contribution in [2.24, 2.45) is 0 Å². The normalized spacial score (nSPS) is 10.2. The zero-order chi connectivity index (χ0) is 15.4. The molecule has 5 nitrogen and oxygen atoms in total. The first-order valence-electron chi connectivity index (χ1n) is 6.78. The van der Waals surface area contributed by atoms with Gasteiger partial charge in [-0.1, -0.05) is 35.5 Å². The number of aromatic nitrogens is 2. The standard InChI is InChI=1S/C17H13N3O2/c1-12-19-17(20-22-12)13-7-4-8-16(9-13)21-11-15-6-3-2-5-14(15)10-18/h2-9H,11H2,1H3. The average Bonchev–Trinajstić information content (AvgIpc) is 3.00. The number of nitrogens with zero attached hydrogens (tertiary/aromatic N) is 3. The summed E-state index contributed by atoms with van der Waals surface area (Å²) in [7, 11) is 0. The van der Waals surface area contributed by atoms with E-state index >= 15 is 0 Å². The lowest BCUT2D eigenvalue weighted by Crippen LogP contribution is -1.98. The Kier molecular flexibility index (Phi) is 3.84. The fourth-order valence-electron chi connectivity index (χ4n) is 2.06. The molecule has 108 valence electrons. The van der Waals surface area contributed by atoms with Gasteiger partial charge in [0.05, 0.1) is 11.6 Å². The molecule has 2 aromatic carbocycles. The minimum atomic E-state index is 0.332. The third-order valence-electron chi connectivity index (χ3n) is 3.15. The summed E-state index contributed by atoms with van der Waals surface area (Å²) in [6, 6.07) is 17.0. The van der Waals surface area contributed by atoms with Gasteiger partial charge in [0, 0.05) is 18.1 Å². The number of aryl methyl sites for hydroxylation is 1. The minimum Gasteiger partial charge on any atom is -0.489 e. The molecule has 0 saturated heterocycles. The van der Waals surface area contributed by atoms with Gasteiger partial charge in [0.1, 0.15) is 12.4 Å². The monoisotopic (exact) mass is 291 g/mol. The summed E-state index contributed by atoms with van der Waals surface area (Å²) in [6.07, 6.45) is 0. The molecule has 5 heteroatoms. The molecule has 0 aliphatic rings. The lowest BCUT2D eigenvalue weighted by Gasteiger charge is -2.08. The summed E-state index contributed by atoms with van der Waals surface area (Å²) in [4.78, 5) is 4.19. The van der Waals surface area contributed by atoms with Crippen molar-refractivity contribution in [2.45, 2.75) is 13.5 Å². The van der Waals surface area contributed by atoms with Crippen molar-refractivity contribution in [2.75, 3.05) is 0 Å². The molecule has 1 heterocycles. The third-order valence-corrected chi connectivity index (χ3v) is 3.15. The fourth-order valence-corrected chi connectivity index (χ4v) is 2.06. The van der Waals surface area contributed by atoms with E-state index in [-0.39, 0.29) is 0 Å². The van der Waals surface area contributed by atoms with Crippen LogP contribution in [0.3, 0.4) is 0 Å². The van der Waals surface area contributed by atoms with Crippen LogP contribution >= 0.6 is 0 Å². The van der Waals surface area contributed by atoms with E-state index in [1.165, 1.54) is 0 Å². The first kappa shape index (κ1) is 13.8. The average molecular weight is 291 g/mol. The summed E-state index contributed by atoms with van der Waals surface area (Å²) in [6.45, 7) is 2.08. The van der Waals surface area contributed by atoms with Crippen LogP contribution in [0.2, 0.25) is 0 Å². The van der Waals surface area contributed by atoms with E-state index in [1.54, 1.807) is 13.0 Å². The second kappa shape index (κ2) is 6.10. The van der Waals surface area contributed by atoms with Gasteiger partial charge in [0.25, 0.3) is 0 Å². The van der Waals surface area contributed by atoms with E-state index in [9.17, 15) is 0 Å². The molecule has 0 unspecified atom stereocenters. The molecular formula is C17H13N3O2. The first-order chi connectivity index (χ1) is 10.8. The van der Waals surface area contributed by atoms with E-state index in [0.717, 1.165) is 11.1 Å². The second-order valence-electron chi connectivity index (χ2n) is 4.72. The van der Waals surface area contributed by atoms with Crippen LogP contribution in [0.1, 0.15) is 17.0 Å². The summed E-state index contributed by atoms with van der Waals surface area (Å²) < 4.78 is 10.7. The highest BCUT2D eigenvalue weighted by atomic mass is 16.5. The maximum Gasteiger partial charge on any atom is 0.223 e. The molecule has 0 spiro atoms. The maximum absolute atomic E-state index is 9.08. The number of hydrogen-bond donors (Lipinski definition) is 0. The number of benzene rings is 2. The second-order valence-corrected chi connectivity index (χ2v) is 4.72. The third kappa shape index (κ3) is 2.96. The van der Waals surface area contributed by atoms with Crippen LogP contribution in [0.4, 0.5) is 0 Å². The van der Waals surface area contributed by atoms with Crippen LogP contribution in [0.5, 0.6) is 5.75 Å². The molecule has 1 aromatic heterocycles. The highest BCUT2D eigenvalue weighted by molar-refractivity contribution is 5.56. The van der Waals surface area contributed by atoms with Crippen LogP contribution in [-0.2, 0) is 6.61 Å². The lowest BCUT2D eigenvalue weighted by molar-refractivity contribution is 0.306. The molecule has 0 atom stereocenters. The summed E-state index contributed by atoms with van der Waals surface area (Å²) >= 11 is 0. The van der Waals surface area contributed by atoms with E-state index in [1.807, 2.05) is 42.5 Å². The van der Waals surface area contributed by atoms with E-state index < -0.39 is 0 Å². The zero-order valence-corrected chi connectivity index (χ0v) is 12.0. The molecule has 0 bridgehead atoms. The predicted octanol–water partition coefficient (Wildman–Crippen LogP) is 3.50. The van der Waals surface area contributed by atoms with Gasteiger partial charge in [-0.3, -0.25) is 0 Å². The topological polar surface area (TPSA) is 71.9 Å². The van der Waals surface area contributed by atoms with E-state index in [4.69, 9.17) is 14.5 Å². The summed E-state index contributed by atoms with van der Waals surface area (Å²) in [5.41, 5.74) is 2.29. The van der Waals surface area contributed by atoms with Crippen molar-refractivity contribution in [1.29, 1.82) is 5.26 Å². The Morgan fingerprint density at radius 1 is 1.18 bits per heavy atom. The Hall–Kier alpha value is -3.13. The molecule has 3 aromatic rings.